The minimum Gasteiger partial charge on any atom is -0.494 e. The first-order valence-electron chi connectivity index (χ1n) is 10.3. The summed E-state index contributed by atoms with van der Waals surface area (Å²) in [7, 11) is 0. The van der Waals surface area contributed by atoms with Gasteiger partial charge in [-0.1, -0.05) is 20.8 Å². The van der Waals surface area contributed by atoms with Gasteiger partial charge < -0.3 is 20.7 Å². The fourth-order valence-electron chi connectivity index (χ4n) is 2.90. The minimum atomic E-state index is -0.0167. The van der Waals surface area contributed by atoms with Crippen molar-refractivity contribution in [2.45, 2.75) is 46.5 Å². The van der Waals surface area contributed by atoms with Crippen LogP contribution in [0.25, 0.3) is 0 Å². The van der Waals surface area contributed by atoms with Crippen LogP contribution in [-0.4, -0.2) is 43.6 Å². The topological polar surface area (TPSA) is 86.7 Å². The maximum Gasteiger partial charge on any atom is 0.198 e. The summed E-state index contributed by atoms with van der Waals surface area (Å²) in [6, 6.07) is 10.1. The molecule has 6 nitrogen and oxygen atoms in total. The molecule has 1 saturated heterocycles. The van der Waals surface area contributed by atoms with Gasteiger partial charge in [-0.25, -0.2) is 0 Å². The normalized spacial score (nSPS) is 16.0. The Morgan fingerprint density at radius 2 is 2.00 bits per heavy atom. The number of aliphatic imine (C=N–C) groups is 1. The Balaban J connectivity index is 2.02. The Bertz CT molecular complexity index is 654. The molecule has 0 unspecified atom stereocenters. The van der Waals surface area contributed by atoms with Gasteiger partial charge in [0.25, 0.3) is 0 Å². The number of hydrogen-bond donors (Lipinski definition) is 2. The van der Waals surface area contributed by atoms with E-state index in [1.54, 1.807) is 0 Å². The van der Waals surface area contributed by atoms with Gasteiger partial charge in [-0.15, -0.1) is 0 Å². The van der Waals surface area contributed by atoms with Gasteiger partial charge in [0.2, 0.25) is 0 Å². The molecular formula is C22H35N5O. The summed E-state index contributed by atoms with van der Waals surface area (Å²) in [4.78, 5) is 7.24. The number of guanidine groups is 1. The second kappa shape index (κ2) is 10.9. The highest BCUT2D eigenvalue weighted by atomic mass is 16.5. The molecule has 0 aliphatic carbocycles. The van der Waals surface area contributed by atoms with Crippen LogP contribution in [0.4, 0.5) is 5.69 Å². The predicted octanol–water partition coefficient (Wildman–Crippen LogP) is 3.85. The molecule has 0 spiro atoms. The number of hydrogen-bond acceptors (Lipinski definition) is 4. The third kappa shape index (κ3) is 7.40. The zero-order valence-electron chi connectivity index (χ0n) is 17.6. The maximum absolute atomic E-state index is 8.58. The van der Waals surface area contributed by atoms with E-state index in [-0.39, 0.29) is 5.41 Å². The Morgan fingerprint density at radius 3 is 2.61 bits per heavy atom. The van der Waals surface area contributed by atoms with E-state index in [2.05, 4.69) is 37.1 Å². The van der Waals surface area contributed by atoms with Crippen LogP contribution >= 0.6 is 0 Å². The first kappa shape index (κ1) is 22.0. The van der Waals surface area contributed by atoms with E-state index >= 15 is 0 Å². The van der Waals surface area contributed by atoms with E-state index in [0.29, 0.717) is 26.1 Å². The predicted molar refractivity (Wildman–Crippen MR) is 116 cm³/mol. The van der Waals surface area contributed by atoms with Crippen LogP contribution in [0.1, 0.15) is 46.5 Å². The highest BCUT2D eigenvalue weighted by molar-refractivity contribution is 5.93. The number of likely N-dealkylation sites (tertiary alicyclic amines) is 1. The Kier molecular flexibility index (Phi) is 8.59. The number of nitriles is 1. The molecule has 1 aliphatic heterocycles. The highest BCUT2D eigenvalue weighted by Gasteiger charge is 2.21. The molecule has 3 N–H and O–H groups in total. The molecule has 1 aromatic carbocycles. The molecule has 0 saturated carbocycles. The van der Waals surface area contributed by atoms with E-state index in [0.717, 1.165) is 42.8 Å². The van der Waals surface area contributed by atoms with Crippen molar-refractivity contribution in [1.29, 1.82) is 5.26 Å². The number of unbranched alkanes of at least 4 members (excludes halogenated alkanes) is 1. The number of anilines is 1. The Labute approximate surface area is 169 Å². The smallest absolute Gasteiger partial charge is 0.198 e. The van der Waals surface area contributed by atoms with Crippen molar-refractivity contribution in [3.05, 3.63) is 24.3 Å². The van der Waals surface area contributed by atoms with Crippen LogP contribution in [0.3, 0.4) is 0 Å². The third-order valence-corrected chi connectivity index (χ3v) is 5.10. The van der Waals surface area contributed by atoms with Gasteiger partial charge in [-0.2, -0.15) is 5.26 Å². The van der Waals surface area contributed by atoms with E-state index in [1.165, 1.54) is 12.8 Å². The number of rotatable bonds is 8. The third-order valence-electron chi connectivity index (χ3n) is 5.10. The summed E-state index contributed by atoms with van der Waals surface area (Å²) < 4.78 is 5.67. The summed E-state index contributed by atoms with van der Waals surface area (Å²) in [5.41, 5.74) is 6.86. The molecule has 6 heteroatoms. The molecule has 154 valence electrons. The standard InChI is InChI=1S/C22H35N5O/c1-18-10-13-27(14-11-18)21(25-17-22(2,3)16-24)26-19-6-8-20(9-7-19)28-15-5-4-12-23/h6-9,18H,4-5,10-11,13-17,24H2,1-3H3,(H,25,26). The van der Waals surface area contributed by atoms with Gasteiger partial charge in [0, 0.05) is 31.7 Å². The summed E-state index contributed by atoms with van der Waals surface area (Å²) in [5, 5.41) is 12.1. The molecule has 1 heterocycles. The Morgan fingerprint density at radius 1 is 1.32 bits per heavy atom. The van der Waals surface area contributed by atoms with Gasteiger partial charge in [0.15, 0.2) is 5.96 Å². The minimum absolute atomic E-state index is 0.0167. The number of nitrogens with two attached hydrogens (primary N) is 1. The molecular weight excluding hydrogens is 350 g/mol. The molecule has 0 radical (unpaired) electrons. The largest absolute Gasteiger partial charge is 0.494 e. The molecule has 0 bridgehead atoms. The van der Waals surface area contributed by atoms with Gasteiger partial charge >= 0.3 is 0 Å². The number of benzene rings is 1. The first-order valence-corrected chi connectivity index (χ1v) is 10.3. The average Bonchev–Trinajstić information content (AvgIpc) is 2.70. The number of nitrogens with one attached hydrogen (secondary N) is 1. The van der Waals surface area contributed by atoms with E-state index in [1.807, 2.05) is 24.3 Å². The van der Waals surface area contributed by atoms with Crippen LogP contribution in [0.5, 0.6) is 5.75 Å². The van der Waals surface area contributed by atoms with Gasteiger partial charge in [-0.05, 0) is 61.4 Å². The van der Waals surface area contributed by atoms with Crippen molar-refractivity contribution in [2.24, 2.45) is 22.1 Å². The maximum atomic E-state index is 8.58. The average molecular weight is 386 g/mol. The summed E-state index contributed by atoms with van der Waals surface area (Å²) in [6.45, 7) is 10.5. The second-order valence-corrected chi connectivity index (χ2v) is 8.44. The van der Waals surface area contributed by atoms with Crippen molar-refractivity contribution in [2.75, 3.05) is 38.1 Å². The number of ether oxygens (including phenoxy) is 1. The van der Waals surface area contributed by atoms with Crippen molar-refractivity contribution < 1.29 is 4.74 Å². The van der Waals surface area contributed by atoms with Crippen molar-refractivity contribution in [1.82, 2.24) is 4.90 Å². The van der Waals surface area contributed by atoms with Crippen molar-refractivity contribution >= 4 is 11.6 Å². The summed E-state index contributed by atoms with van der Waals surface area (Å²) in [6.07, 6.45) is 3.65. The molecule has 28 heavy (non-hydrogen) atoms. The van der Waals surface area contributed by atoms with Crippen LogP contribution in [-0.2, 0) is 0 Å². The number of piperidine rings is 1. The van der Waals surface area contributed by atoms with Gasteiger partial charge in [0.1, 0.15) is 5.75 Å². The van der Waals surface area contributed by atoms with Crippen LogP contribution in [0.2, 0.25) is 0 Å². The monoisotopic (exact) mass is 385 g/mol. The SMILES string of the molecule is CC1CCN(C(=NCC(C)(C)CN)Nc2ccc(OCCCC#N)cc2)CC1. The molecule has 1 aromatic rings. The fraction of sp³-hybridized carbons (Fsp3) is 0.636. The van der Waals surface area contributed by atoms with Crippen LogP contribution in [0, 0.1) is 22.7 Å². The van der Waals surface area contributed by atoms with Gasteiger partial charge in [-0.3, -0.25) is 4.99 Å². The molecule has 2 rings (SSSR count). The Hall–Kier alpha value is -2.26. The zero-order chi connectivity index (χ0) is 20.4. The lowest BCUT2D eigenvalue weighted by molar-refractivity contribution is 0.278. The lowest BCUT2D eigenvalue weighted by Gasteiger charge is -2.33. The highest BCUT2D eigenvalue weighted by Crippen LogP contribution is 2.21. The number of nitrogens with zero attached hydrogens (tertiary/aromatic N) is 3. The quantitative estimate of drug-likeness (QED) is 0.403. The van der Waals surface area contributed by atoms with Crippen molar-refractivity contribution in [3.63, 3.8) is 0 Å². The van der Waals surface area contributed by atoms with Crippen LogP contribution < -0.4 is 15.8 Å². The van der Waals surface area contributed by atoms with E-state index in [9.17, 15) is 0 Å². The second-order valence-electron chi connectivity index (χ2n) is 8.44. The molecule has 0 atom stereocenters. The molecule has 1 aliphatic rings. The fourth-order valence-corrected chi connectivity index (χ4v) is 2.90. The van der Waals surface area contributed by atoms with E-state index in [4.69, 9.17) is 20.7 Å². The zero-order valence-corrected chi connectivity index (χ0v) is 17.6. The van der Waals surface area contributed by atoms with Crippen molar-refractivity contribution in [3.8, 4) is 11.8 Å². The van der Waals surface area contributed by atoms with E-state index < -0.39 is 0 Å². The van der Waals surface area contributed by atoms with Crippen LogP contribution in [0.15, 0.2) is 29.3 Å². The van der Waals surface area contributed by atoms with Gasteiger partial charge in [0.05, 0.1) is 12.7 Å². The molecule has 1 fully saturated rings. The summed E-state index contributed by atoms with van der Waals surface area (Å²) >= 11 is 0. The summed E-state index contributed by atoms with van der Waals surface area (Å²) in [5.74, 6) is 2.52. The molecule has 0 aromatic heterocycles. The first-order chi connectivity index (χ1) is 13.4. The molecule has 0 amide bonds. The lowest BCUT2D eigenvalue weighted by Crippen LogP contribution is -2.42. The lowest BCUT2D eigenvalue weighted by atomic mass is 9.94.